The standard InChI is InChI=1S/C13H20F2N2/c1-10(8-16)9-17(2)6-5-11-3-4-12(14)13(15)7-11/h3-4,7,10H,5-6,8-9,16H2,1-2H3. The highest BCUT2D eigenvalue weighted by molar-refractivity contribution is 5.18. The SMILES string of the molecule is CC(CN)CN(C)CCc1ccc(F)c(F)c1. The van der Waals surface area contributed by atoms with E-state index in [1.165, 1.54) is 12.1 Å². The maximum Gasteiger partial charge on any atom is 0.159 e. The van der Waals surface area contributed by atoms with E-state index in [0.717, 1.165) is 18.7 Å². The molecule has 0 aliphatic carbocycles. The van der Waals surface area contributed by atoms with Crippen LogP contribution in [0.15, 0.2) is 18.2 Å². The molecule has 0 aromatic heterocycles. The van der Waals surface area contributed by atoms with E-state index in [4.69, 9.17) is 5.73 Å². The molecule has 0 bridgehead atoms. The molecule has 17 heavy (non-hydrogen) atoms. The lowest BCUT2D eigenvalue weighted by molar-refractivity contribution is 0.292. The van der Waals surface area contributed by atoms with Crippen molar-refractivity contribution in [2.75, 3.05) is 26.7 Å². The Kier molecular flexibility index (Phi) is 5.51. The molecule has 0 fully saturated rings. The molecule has 1 aromatic carbocycles. The smallest absolute Gasteiger partial charge is 0.159 e. The third-order valence-electron chi connectivity index (χ3n) is 2.79. The second-order valence-electron chi connectivity index (χ2n) is 4.60. The van der Waals surface area contributed by atoms with Gasteiger partial charge in [0.1, 0.15) is 0 Å². The average molecular weight is 242 g/mol. The first-order chi connectivity index (χ1) is 8.02. The number of benzene rings is 1. The van der Waals surface area contributed by atoms with Crippen molar-refractivity contribution in [3.8, 4) is 0 Å². The fourth-order valence-electron chi connectivity index (χ4n) is 1.71. The molecule has 0 aliphatic heterocycles. The van der Waals surface area contributed by atoms with E-state index >= 15 is 0 Å². The van der Waals surface area contributed by atoms with Gasteiger partial charge in [-0.3, -0.25) is 0 Å². The van der Waals surface area contributed by atoms with Crippen LogP contribution in [0.2, 0.25) is 0 Å². The van der Waals surface area contributed by atoms with Crippen molar-refractivity contribution in [1.29, 1.82) is 0 Å². The monoisotopic (exact) mass is 242 g/mol. The first kappa shape index (κ1) is 14.1. The van der Waals surface area contributed by atoms with E-state index in [1.54, 1.807) is 6.07 Å². The van der Waals surface area contributed by atoms with E-state index in [-0.39, 0.29) is 0 Å². The Morgan fingerprint density at radius 2 is 2.00 bits per heavy atom. The highest BCUT2D eigenvalue weighted by Gasteiger charge is 2.06. The number of rotatable bonds is 6. The summed E-state index contributed by atoms with van der Waals surface area (Å²) in [6.07, 6.45) is 0.713. The summed E-state index contributed by atoms with van der Waals surface area (Å²) in [4.78, 5) is 2.15. The molecule has 1 atom stereocenters. The molecule has 0 spiro atoms. The molecule has 0 heterocycles. The van der Waals surface area contributed by atoms with E-state index < -0.39 is 11.6 Å². The van der Waals surface area contributed by atoms with Crippen LogP contribution in [-0.4, -0.2) is 31.6 Å². The van der Waals surface area contributed by atoms with Crippen LogP contribution >= 0.6 is 0 Å². The van der Waals surface area contributed by atoms with Gasteiger partial charge in [-0.1, -0.05) is 13.0 Å². The Labute approximate surface area is 101 Å². The topological polar surface area (TPSA) is 29.3 Å². The lowest BCUT2D eigenvalue weighted by atomic mass is 10.1. The molecule has 1 rings (SSSR count). The van der Waals surface area contributed by atoms with E-state index in [9.17, 15) is 8.78 Å². The van der Waals surface area contributed by atoms with Crippen LogP contribution in [0.5, 0.6) is 0 Å². The minimum absolute atomic E-state index is 0.449. The molecule has 4 heteroatoms. The van der Waals surface area contributed by atoms with E-state index in [0.29, 0.717) is 18.9 Å². The quantitative estimate of drug-likeness (QED) is 0.827. The van der Waals surface area contributed by atoms with Crippen LogP contribution in [0.1, 0.15) is 12.5 Å². The summed E-state index contributed by atoms with van der Waals surface area (Å²) in [6, 6.07) is 4.06. The van der Waals surface area contributed by atoms with E-state index in [2.05, 4.69) is 11.8 Å². The molecular weight excluding hydrogens is 222 g/mol. The summed E-state index contributed by atoms with van der Waals surface area (Å²) >= 11 is 0. The first-order valence-corrected chi connectivity index (χ1v) is 5.85. The minimum Gasteiger partial charge on any atom is -0.330 e. The van der Waals surface area contributed by atoms with Gasteiger partial charge >= 0.3 is 0 Å². The molecular formula is C13H20F2N2. The minimum atomic E-state index is -0.793. The van der Waals surface area contributed by atoms with Crippen LogP contribution in [-0.2, 0) is 6.42 Å². The van der Waals surface area contributed by atoms with Gasteiger partial charge in [-0.05, 0) is 43.6 Å². The largest absolute Gasteiger partial charge is 0.330 e. The maximum atomic E-state index is 13.0. The molecule has 2 N–H and O–H groups in total. The third-order valence-corrected chi connectivity index (χ3v) is 2.79. The Hall–Kier alpha value is -1.00. The number of hydrogen-bond acceptors (Lipinski definition) is 2. The summed E-state index contributed by atoms with van der Waals surface area (Å²) in [7, 11) is 2.01. The van der Waals surface area contributed by atoms with Crippen LogP contribution in [0.4, 0.5) is 8.78 Å². The fourth-order valence-corrected chi connectivity index (χ4v) is 1.71. The number of nitrogens with two attached hydrogens (primary N) is 1. The first-order valence-electron chi connectivity index (χ1n) is 5.85. The Morgan fingerprint density at radius 1 is 1.29 bits per heavy atom. The van der Waals surface area contributed by atoms with Gasteiger partial charge in [-0.25, -0.2) is 8.78 Å². The maximum absolute atomic E-state index is 13.0. The van der Waals surface area contributed by atoms with Crippen molar-refractivity contribution in [3.63, 3.8) is 0 Å². The van der Waals surface area contributed by atoms with Crippen molar-refractivity contribution in [1.82, 2.24) is 4.90 Å². The van der Waals surface area contributed by atoms with Crippen molar-refractivity contribution in [3.05, 3.63) is 35.4 Å². The predicted molar refractivity (Wildman–Crippen MR) is 65.8 cm³/mol. The highest BCUT2D eigenvalue weighted by Crippen LogP contribution is 2.09. The number of nitrogens with zero attached hydrogens (tertiary/aromatic N) is 1. The molecule has 0 radical (unpaired) electrons. The van der Waals surface area contributed by atoms with Crippen molar-refractivity contribution in [2.45, 2.75) is 13.3 Å². The molecule has 0 saturated heterocycles. The number of hydrogen-bond donors (Lipinski definition) is 1. The van der Waals surface area contributed by atoms with Crippen LogP contribution in [0, 0.1) is 17.6 Å². The molecule has 96 valence electrons. The zero-order valence-electron chi connectivity index (χ0n) is 10.4. The van der Waals surface area contributed by atoms with Crippen LogP contribution in [0.3, 0.4) is 0 Å². The Bertz CT molecular complexity index is 355. The second kappa shape index (κ2) is 6.67. The van der Waals surface area contributed by atoms with Gasteiger partial charge in [0.25, 0.3) is 0 Å². The van der Waals surface area contributed by atoms with Crippen molar-refractivity contribution in [2.24, 2.45) is 11.7 Å². The second-order valence-corrected chi connectivity index (χ2v) is 4.60. The lowest BCUT2D eigenvalue weighted by Gasteiger charge is -2.20. The summed E-state index contributed by atoms with van der Waals surface area (Å²) in [5.74, 6) is -1.12. The number of halogens is 2. The van der Waals surface area contributed by atoms with Gasteiger partial charge < -0.3 is 10.6 Å². The normalized spacial score (nSPS) is 13.1. The van der Waals surface area contributed by atoms with Gasteiger partial charge in [0.05, 0.1) is 0 Å². The van der Waals surface area contributed by atoms with Gasteiger partial charge in [0.15, 0.2) is 11.6 Å². The fraction of sp³-hybridized carbons (Fsp3) is 0.538. The van der Waals surface area contributed by atoms with Gasteiger partial charge in [-0.2, -0.15) is 0 Å². The lowest BCUT2D eigenvalue weighted by Crippen LogP contribution is -2.30. The van der Waals surface area contributed by atoms with Crippen LogP contribution in [0.25, 0.3) is 0 Å². The molecule has 0 saturated carbocycles. The Morgan fingerprint density at radius 3 is 2.59 bits per heavy atom. The molecule has 2 nitrogen and oxygen atoms in total. The van der Waals surface area contributed by atoms with Gasteiger partial charge in [0, 0.05) is 13.1 Å². The summed E-state index contributed by atoms with van der Waals surface area (Å²) in [5.41, 5.74) is 6.36. The Balaban J connectivity index is 2.42. The van der Waals surface area contributed by atoms with Crippen LogP contribution < -0.4 is 5.73 Å². The molecule has 0 aliphatic rings. The summed E-state index contributed by atoms with van der Waals surface area (Å²) in [5, 5.41) is 0. The van der Waals surface area contributed by atoms with Crippen molar-refractivity contribution < 1.29 is 8.78 Å². The zero-order valence-corrected chi connectivity index (χ0v) is 10.4. The van der Waals surface area contributed by atoms with Crippen molar-refractivity contribution >= 4 is 0 Å². The molecule has 0 amide bonds. The van der Waals surface area contributed by atoms with Gasteiger partial charge in [0.2, 0.25) is 0 Å². The molecule has 1 aromatic rings. The summed E-state index contributed by atoms with van der Waals surface area (Å²) in [6.45, 7) is 4.49. The third kappa shape index (κ3) is 4.79. The average Bonchev–Trinajstić information content (AvgIpc) is 2.30. The summed E-state index contributed by atoms with van der Waals surface area (Å²) < 4.78 is 25.7. The van der Waals surface area contributed by atoms with Gasteiger partial charge in [-0.15, -0.1) is 0 Å². The molecule has 1 unspecified atom stereocenters. The highest BCUT2D eigenvalue weighted by atomic mass is 19.2. The zero-order chi connectivity index (χ0) is 12.8. The predicted octanol–water partition coefficient (Wildman–Crippen LogP) is 2.03. The number of likely N-dealkylation sites (N-methyl/N-ethyl adjacent to an activating group) is 1. The van der Waals surface area contributed by atoms with E-state index in [1.807, 2.05) is 7.05 Å².